The van der Waals surface area contributed by atoms with E-state index in [4.69, 9.17) is 5.73 Å². The molecule has 76 valence electrons. The third-order valence-corrected chi connectivity index (χ3v) is 2.32. The average Bonchev–Trinajstić information content (AvgIpc) is 2.57. The van der Waals surface area contributed by atoms with E-state index < -0.39 is 0 Å². The summed E-state index contributed by atoms with van der Waals surface area (Å²) in [5, 5.41) is 6.61. The minimum absolute atomic E-state index is 0.265. The van der Waals surface area contributed by atoms with E-state index in [0.717, 1.165) is 19.6 Å². The Hall–Kier alpha value is -0.450. The number of Topliss-reactive ketones (excluding diaryl/α,β-unsaturated/α-hetero) is 1. The van der Waals surface area contributed by atoms with Gasteiger partial charge < -0.3 is 16.4 Å². The summed E-state index contributed by atoms with van der Waals surface area (Å²) in [6.45, 7) is 3.40. The second kappa shape index (κ2) is 6.07. The first-order valence-corrected chi connectivity index (χ1v) is 4.99. The third kappa shape index (κ3) is 4.36. The summed E-state index contributed by atoms with van der Waals surface area (Å²) >= 11 is 0. The van der Waals surface area contributed by atoms with Crippen molar-refractivity contribution in [2.24, 2.45) is 5.73 Å². The molecule has 1 aliphatic heterocycles. The normalized spacial score (nSPS) is 22.1. The Morgan fingerprint density at radius 2 is 2.38 bits per heavy atom. The van der Waals surface area contributed by atoms with Gasteiger partial charge in [0.1, 0.15) is 5.78 Å². The molecule has 0 aliphatic carbocycles. The zero-order chi connectivity index (χ0) is 9.52. The monoisotopic (exact) mass is 185 g/mol. The van der Waals surface area contributed by atoms with Gasteiger partial charge >= 0.3 is 0 Å². The SMILES string of the molecule is NCCC(=O)CCNC1CCNC1. The van der Waals surface area contributed by atoms with Crippen LogP contribution >= 0.6 is 0 Å². The molecule has 4 nitrogen and oxygen atoms in total. The Bertz CT molecular complexity index is 155. The van der Waals surface area contributed by atoms with E-state index in [1.165, 1.54) is 6.42 Å². The van der Waals surface area contributed by atoms with E-state index >= 15 is 0 Å². The van der Waals surface area contributed by atoms with Crippen LogP contribution in [-0.4, -0.2) is 38.0 Å². The van der Waals surface area contributed by atoms with Crippen LogP contribution in [0, 0.1) is 0 Å². The molecule has 4 N–H and O–H groups in total. The fourth-order valence-corrected chi connectivity index (χ4v) is 1.53. The van der Waals surface area contributed by atoms with Gasteiger partial charge in [-0.25, -0.2) is 0 Å². The van der Waals surface area contributed by atoms with Crippen LogP contribution in [0.2, 0.25) is 0 Å². The molecule has 13 heavy (non-hydrogen) atoms. The second-order valence-electron chi connectivity index (χ2n) is 3.47. The molecule has 0 aromatic carbocycles. The number of rotatable bonds is 6. The Morgan fingerprint density at radius 1 is 1.54 bits per heavy atom. The van der Waals surface area contributed by atoms with Gasteiger partial charge in [-0.15, -0.1) is 0 Å². The smallest absolute Gasteiger partial charge is 0.135 e. The molecule has 1 unspecified atom stereocenters. The fourth-order valence-electron chi connectivity index (χ4n) is 1.53. The molecule has 0 saturated carbocycles. The fraction of sp³-hybridized carbons (Fsp3) is 0.889. The number of nitrogens with one attached hydrogen (secondary N) is 2. The zero-order valence-electron chi connectivity index (χ0n) is 8.01. The van der Waals surface area contributed by atoms with E-state index in [0.29, 0.717) is 25.4 Å². The lowest BCUT2D eigenvalue weighted by Crippen LogP contribution is -2.32. The van der Waals surface area contributed by atoms with Gasteiger partial charge in [-0.1, -0.05) is 0 Å². The Kier molecular flexibility index (Phi) is 4.97. The molecular formula is C9H19N3O. The predicted octanol–water partition coefficient (Wildman–Crippen LogP) is -0.754. The average molecular weight is 185 g/mol. The van der Waals surface area contributed by atoms with E-state index in [9.17, 15) is 4.79 Å². The molecule has 1 rings (SSSR count). The molecule has 0 bridgehead atoms. The number of hydrogen-bond donors (Lipinski definition) is 3. The summed E-state index contributed by atoms with van der Waals surface area (Å²) in [4.78, 5) is 11.1. The zero-order valence-corrected chi connectivity index (χ0v) is 8.01. The minimum Gasteiger partial charge on any atom is -0.330 e. The molecular weight excluding hydrogens is 166 g/mol. The van der Waals surface area contributed by atoms with Crippen LogP contribution in [0.5, 0.6) is 0 Å². The lowest BCUT2D eigenvalue weighted by molar-refractivity contribution is -0.118. The van der Waals surface area contributed by atoms with Gasteiger partial charge in [-0.3, -0.25) is 4.79 Å². The lowest BCUT2D eigenvalue weighted by Gasteiger charge is -2.09. The standard InChI is InChI=1S/C9H19N3O/c10-4-1-9(13)3-6-12-8-2-5-11-7-8/h8,11-12H,1-7,10H2. The maximum absolute atomic E-state index is 11.1. The third-order valence-electron chi connectivity index (χ3n) is 2.32. The number of ketones is 1. The van der Waals surface area contributed by atoms with Crippen LogP contribution in [0.4, 0.5) is 0 Å². The topological polar surface area (TPSA) is 67.2 Å². The highest BCUT2D eigenvalue weighted by Gasteiger charge is 2.13. The van der Waals surface area contributed by atoms with Crippen LogP contribution in [0.15, 0.2) is 0 Å². The maximum Gasteiger partial charge on any atom is 0.135 e. The van der Waals surface area contributed by atoms with E-state index in [-0.39, 0.29) is 5.78 Å². The van der Waals surface area contributed by atoms with E-state index in [2.05, 4.69) is 10.6 Å². The van der Waals surface area contributed by atoms with Crippen LogP contribution in [0.25, 0.3) is 0 Å². The first-order valence-electron chi connectivity index (χ1n) is 4.99. The molecule has 1 aliphatic rings. The highest BCUT2D eigenvalue weighted by atomic mass is 16.1. The molecule has 0 aromatic rings. The Balaban J connectivity index is 1.96. The van der Waals surface area contributed by atoms with Crippen molar-refractivity contribution in [1.82, 2.24) is 10.6 Å². The van der Waals surface area contributed by atoms with Crippen molar-refractivity contribution in [1.29, 1.82) is 0 Å². The molecule has 0 radical (unpaired) electrons. The van der Waals surface area contributed by atoms with Gasteiger partial charge in [-0.05, 0) is 19.5 Å². The number of hydrogen-bond acceptors (Lipinski definition) is 4. The van der Waals surface area contributed by atoms with Crippen molar-refractivity contribution >= 4 is 5.78 Å². The van der Waals surface area contributed by atoms with Gasteiger partial charge in [0, 0.05) is 32.0 Å². The van der Waals surface area contributed by atoms with Crippen molar-refractivity contribution < 1.29 is 4.79 Å². The van der Waals surface area contributed by atoms with Gasteiger partial charge in [0.25, 0.3) is 0 Å². The van der Waals surface area contributed by atoms with Gasteiger partial charge in [-0.2, -0.15) is 0 Å². The summed E-state index contributed by atoms with van der Waals surface area (Å²) in [6, 6.07) is 0.561. The van der Waals surface area contributed by atoms with Crippen LogP contribution < -0.4 is 16.4 Å². The first kappa shape index (κ1) is 10.6. The molecule has 1 heterocycles. The van der Waals surface area contributed by atoms with Gasteiger partial charge in [0.15, 0.2) is 0 Å². The van der Waals surface area contributed by atoms with Crippen molar-refractivity contribution in [3.05, 3.63) is 0 Å². The van der Waals surface area contributed by atoms with Crippen molar-refractivity contribution in [2.45, 2.75) is 25.3 Å². The highest BCUT2D eigenvalue weighted by Crippen LogP contribution is 1.97. The van der Waals surface area contributed by atoms with Crippen molar-refractivity contribution in [3.8, 4) is 0 Å². The van der Waals surface area contributed by atoms with E-state index in [1.54, 1.807) is 0 Å². The maximum atomic E-state index is 11.1. The first-order chi connectivity index (χ1) is 6.33. The Morgan fingerprint density at radius 3 is 3.00 bits per heavy atom. The van der Waals surface area contributed by atoms with Crippen LogP contribution in [0.1, 0.15) is 19.3 Å². The number of nitrogens with two attached hydrogens (primary N) is 1. The number of carbonyl (C=O) groups is 1. The predicted molar refractivity (Wildman–Crippen MR) is 52.6 cm³/mol. The molecule has 0 aromatic heterocycles. The largest absolute Gasteiger partial charge is 0.330 e. The minimum atomic E-state index is 0.265. The van der Waals surface area contributed by atoms with Gasteiger partial charge in [0.2, 0.25) is 0 Å². The summed E-state index contributed by atoms with van der Waals surface area (Å²) in [5.41, 5.74) is 5.27. The lowest BCUT2D eigenvalue weighted by atomic mass is 10.2. The summed E-state index contributed by atoms with van der Waals surface area (Å²) in [7, 11) is 0. The van der Waals surface area contributed by atoms with Crippen molar-refractivity contribution in [3.63, 3.8) is 0 Å². The highest BCUT2D eigenvalue weighted by molar-refractivity contribution is 5.78. The molecule has 1 fully saturated rings. The second-order valence-corrected chi connectivity index (χ2v) is 3.47. The van der Waals surface area contributed by atoms with Crippen LogP contribution in [0.3, 0.4) is 0 Å². The van der Waals surface area contributed by atoms with E-state index in [1.807, 2.05) is 0 Å². The molecule has 0 spiro atoms. The summed E-state index contributed by atoms with van der Waals surface area (Å²) in [6.07, 6.45) is 2.31. The molecule has 0 amide bonds. The molecule has 4 heteroatoms. The summed E-state index contributed by atoms with van der Waals surface area (Å²) in [5.74, 6) is 0.265. The molecule has 1 saturated heterocycles. The number of carbonyl (C=O) groups excluding carboxylic acids is 1. The Labute approximate surface area is 79.3 Å². The van der Waals surface area contributed by atoms with Crippen molar-refractivity contribution in [2.75, 3.05) is 26.2 Å². The van der Waals surface area contributed by atoms with Crippen LogP contribution in [-0.2, 0) is 4.79 Å². The summed E-state index contributed by atoms with van der Waals surface area (Å²) < 4.78 is 0. The molecule has 1 atom stereocenters. The quantitative estimate of drug-likeness (QED) is 0.509. The van der Waals surface area contributed by atoms with Gasteiger partial charge in [0.05, 0.1) is 0 Å².